The molecule has 0 fully saturated rings. The van der Waals surface area contributed by atoms with Gasteiger partial charge in [-0.3, -0.25) is 4.57 Å². The fourth-order valence-corrected chi connectivity index (χ4v) is 2.39. The normalized spacial score (nSPS) is 11.6. The molecule has 0 saturated heterocycles. The van der Waals surface area contributed by atoms with E-state index in [1.165, 1.54) is 10.8 Å². The Morgan fingerprint density at radius 1 is 1.31 bits per heavy atom. The van der Waals surface area contributed by atoms with E-state index in [2.05, 4.69) is 4.98 Å². The highest BCUT2D eigenvalue weighted by molar-refractivity contribution is 7.90. The first-order valence-electron chi connectivity index (χ1n) is 4.48. The lowest BCUT2D eigenvalue weighted by atomic mass is 10.3. The van der Waals surface area contributed by atoms with E-state index >= 15 is 0 Å². The Bertz CT molecular complexity index is 619. The Balaban J connectivity index is 2.68. The Kier molecular flexibility index (Phi) is 2.73. The molecule has 0 N–H and O–H groups in total. The van der Waals surface area contributed by atoms with Crippen LogP contribution in [-0.2, 0) is 9.84 Å². The Hall–Kier alpha value is -1.33. The minimum absolute atomic E-state index is 0.0133. The molecule has 2 rings (SSSR count). The molecule has 1 heterocycles. The van der Waals surface area contributed by atoms with Gasteiger partial charge in [0.15, 0.2) is 0 Å². The van der Waals surface area contributed by atoms with Crippen molar-refractivity contribution in [3.63, 3.8) is 0 Å². The SMILES string of the molecule is CS(=O)(=O)c1nccn1-c1ccccc1Cl. The fraction of sp³-hybridized carbons (Fsp3) is 0.100. The highest BCUT2D eigenvalue weighted by Crippen LogP contribution is 2.22. The van der Waals surface area contributed by atoms with Crippen LogP contribution in [0.15, 0.2) is 41.8 Å². The van der Waals surface area contributed by atoms with Crippen LogP contribution in [0.5, 0.6) is 0 Å². The third-order valence-electron chi connectivity index (χ3n) is 2.05. The Labute approximate surface area is 98.4 Å². The summed E-state index contributed by atoms with van der Waals surface area (Å²) in [5.41, 5.74) is 0.599. The Morgan fingerprint density at radius 2 is 2.00 bits per heavy atom. The van der Waals surface area contributed by atoms with E-state index in [0.717, 1.165) is 6.26 Å². The van der Waals surface area contributed by atoms with Crippen molar-refractivity contribution >= 4 is 21.4 Å². The van der Waals surface area contributed by atoms with Crippen molar-refractivity contribution in [3.8, 4) is 5.69 Å². The third-order valence-corrected chi connectivity index (χ3v) is 3.34. The molecule has 6 heteroatoms. The molecule has 0 saturated carbocycles. The lowest BCUT2D eigenvalue weighted by molar-refractivity contribution is 0.590. The van der Waals surface area contributed by atoms with Crippen molar-refractivity contribution < 1.29 is 8.42 Å². The first-order valence-corrected chi connectivity index (χ1v) is 6.75. The molecule has 0 atom stereocenters. The van der Waals surface area contributed by atoms with E-state index in [9.17, 15) is 8.42 Å². The maximum Gasteiger partial charge on any atom is 0.231 e. The molecular formula is C10H9ClN2O2S. The number of rotatable bonds is 2. The number of para-hydroxylation sites is 1. The van der Waals surface area contributed by atoms with E-state index in [1.54, 1.807) is 30.5 Å². The van der Waals surface area contributed by atoms with Gasteiger partial charge in [-0.15, -0.1) is 0 Å². The molecule has 0 aliphatic rings. The molecule has 4 nitrogen and oxygen atoms in total. The molecule has 16 heavy (non-hydrogen) atoms. The number of sulfone groups is 1. The van der Waals surface area contributed by atoms with Crippen LogP contribution in [0.25, 0.3) is 5.69 Å². The molecule has 0 amide bonds. The molecule has 0 aliphatic heterocycles. The highest BCUT2D eigenvalue weighted by Gasteiger charge is 2.16. The van der Waals surface area contributed by atoms with E-state index < -0.39 is 9.84 Å². The van der Waals surface area contributed by atoms with Gasteiger partial charge < -0.3 is 0 Å². The topological polar surface area (TPSA) is 52.0 Å². The van der Waals surface area contributed by atoms with Crippen LogP contribution >= 0.6 is 11.6 Å². The highest BCUT2D eigenvalue weighted by atomic mass is 35.5. The number of halogens is 1. The first-order chi connectivity index (χ1) is 7.50. The summed E-state index contributed by atoms with van der Waals surface area (Å²) in [6.45, 7) is 0. The quantitative estimate of drug-likeness (QED) is 0.825. The summed E-state index contributed by atoms with van der Waals surface area (Å²) in [6.07, 6.45) is 4.11. The number of hydrogen-bond donors (Lipinski definition) is 0. The summed E-state index contributed by atoms with van der Waals surface area (Å²) < 4.78 is 24.4. The number of imidazole rings is 1. The summed E-state index contributed by atoms with van der Waals surface area (Å²) in [7, 11) is -3.36. The van der Waals surface area contributed by atoms with Crippen molar-refractivity contribution in [2.75, 3.05) is 6.26 Å². The van der Waals surface area contributed by atoms with Crippen molar-refractivity contribution in [1.29, 1.82) is 0 Å². The summed E-state index contributed by atoms with van der Waals surface area (Å²) in [5, 5.41) is 0.464. The third kappa shape index (κ3) is 1.96. The van der Waals surface area contributed by atoms with Crippen molar-refractivity contribution in [1.82, 2.24) is 9.55 Å². The molecule has 1 aromatic heterocycles. The Morgan fingerprint density at radius 3 is 2.62 bits per heavy atom. The largest absolute Gasteiger partial charge is 0.289 e. The zero-order valence-electron chi connectivity index (χ0n) is 8.46. The van der Waals surface area contributed by atoms with Crippen molar-refractivity contribution in [3.05, 3.63) is 41.7 Å². The van der Waals surface area contributed by atoms with E-state index in [1.807, 2.05) is 0 Å². The number of hydrogen-bond acceptors (Lipinski definition) is 3. The number of benzene rings is 1. The molecule has 1 aromatic carbocycles. The van der Waals surface area contributed by atoms with Gasteiger partial charge >= 0.3 is 0 Å². The number of nitrogens with zero attached hydrogens (tertiary/aromatic N) is 2. The number of aromatic nitrogens is 2. The van der Waals surface area contributed by atoms with Crippen molar-refractivity contribution in [2.24, 2.45) is 0 Å². The second kappa shape index (κ2) is 3.92. The van der Waals surface area contributed by atoms with E-state index in [4.69, 9.17) is 11.6 Å². The van der Waals surface area contributed by atoms with Gasteiger partial charge in [-0.1, -0.05) is 23.7 Å². The van der Waals surface area contributed by atoms with Crippen LogP contribution in [0.3, 0.4) is 0 Å². The maximum absolute atomic E-state index is 11.5. The minimum atomic E-state index is -3.36. The average Bonchev–Trinajstić information content (AvgIpc) is 2.66. The zero-order chi connectivity index (χ0) is 11.8. The first kappa shape index (κ1) is 11.2. The van der Waals surface area contributed by atoms with Crippen LogP contribution in [0, 0.1) is 0 Å². The second-order valence-corrected chi connectivity index (χ2v) is 5.62. The maximum atomic E-state index is 11.5. The second-order valence-electron chi connectivity index (χ2n) is 3.30. The van der Waals surface area contributed by atoms with Gasteiger partial charge in [0.2, 0.25) is 15.0 Å². The van der Waals surface area contributed by atoms with Crippen LogP contribution < -0.4 is 0 Å². The molecule has 0 unspecified atom stereocenters. The van der Waals surface area contributed by atoms with Crippen LogP contribution in [0.2, 0.25) is 5.02 Å². The molecule has 2 aromatic rings. The molecular weight excluding hydrogens is 248 g/mol. The fourth-order valence-electron chi connectivity index (χ4n) is 1.39. The standard InChI is InChI=1S/C10H9ClN2O2S/c1-16(14,15)10-12-6-7-13(10)9-5-3-2-4-8(9)11/h2-7H,1H3. The summed E-state index contributed by atoms with van der Waals surface area (Å²) in [5.74, 6) is 0. The predicted octanol–water partition coefficient (Wildman–Crippen LogP) is 1.93. The predicted molar refractivity (Wildman–Crippen MR) is 61.7 cm³/mol. The van der Waals surface area contributed by atoms with Gasteiger partial charge in [0.1, 0.15) is 0 Å². The van der Waals surface area contributed by atoms with E-state index in [0.29, 0.717) is 10.7 Å². The molecule has 0 radical (unpaired) electrons. The smallest absolute Gasteiger partial charge is 0.231 e. The van der Waals surface area contributed by atoms with Gasteiger partial charge in [0, 0.05) is 18.6 Å². The van der Waals surface area contributed by atoms with Crippen LogP contribution in [-0.4, -0.2) is 24.2 Å². The summed E-state index contributed by atoms with van der Waals surface area (Å²) >= 11 is 5.99. The summed E-state index contributed by atoms with van der Waals surface area (Å²) in [4.78, 5) is 3.82. The molecule has 0 bridgehead atoms. The van der Waals surface area contributed by atoms with Crippen LogP contribution in [0.1, 0.15) is 0 Å². The van der Waals surface area contributed by atoms with Gasteiger partial charge in [-0.2, -0.15) is 0 Å². The van der Waals surface area contributed by atoms with Gasteiger partial charge in [-0.05, 0) is 12.1 Å². The molecule has 0 spiro atoms. The molecule has 0 aliphatic carbocycles. The monoisotopic (exact) mass is 256 g/mol. The average molecular weight is 257 g/mol. The van der Waals surface area contributed by atoms with Crippen LogP contribution in [0.4, 0.5) is 0 Å². The lowest BCUT2D eigenvalue weighted by Crippen LogP contribution is -2.07. The minimum Gasteiger partial charge on any atom is -0.289 e. The molecule has 84 valence electrons. The lowest BCUT2D eigenvalue weighted by Gasteiger charge is -2.07. The van der Waals surface area contributed by atoms with Gasteiger partial charge in [-0.25, -0.2) is 13.4 Å². The van der Waals surface area contributed by atoms with Gasteiger partial charge in [0.05, 0.1) is 10.7 Å². The van der Waals surface area contributed by atoms with E-state index in [-0.39, 0.29) is 5.16 Å². The van der Waals surface area contributed by atoms with Gasteiger partial charge in [0.25, 0.3) is 0 Å². The van der Waals surface area contributed by atoms with Crippen molar-refractivity contribution in [2.45, 2.75) is 5.16 Å². The summed E-state index contributed by atoms with van der Waals surface area (Å²) in [6, 6.07) is 7.00. The zero-order valence-corrected chi connectivity index (χ0v) is 10.0.